The number of fused-ring (bicyclic) bond motifs is 1. The van der Waals surface area contributed by atoms with Crippen LogP contribution in [0.25, 0.3) is 21.5 Å². The molecule has 332 valence electrons. The number of ether oxygens (including phenoxy) is 3. The third-order valence-electron chi connectivity index (χ3n) is 8.59. The summed E-state index contributed by atoms with van der Waals surface area (Å²) in [5.41, 5.74) is 22.8. The van der Waals surface area contributed by atoms with E-state index in [4.69, 9.17) is 45.5 Å². The largest absolute Gasteiger partial charge is 0.490 e. The van der Waals surface area contributed by atoms with Gasteiger partial charge in [0.2, 0.25) is 0 Å². The maximum atomic E-state index is 13.6. The SMILES string of the molecule is CC(N=[N+]=[N-])c1ccccc1C(=O)OC1C[C@H](n2cc(C#CCOC(=O)c3ccccc3C(C)SSCCN)c3c(N)ncnc32)O[C@@H]1COP(=O)(O)OP(=O)(O)OP(=O)(O)O. The maximum Gasteiger partial charge on any atom is 0.490 e. The average molecular weight is 957 g/mol. The Morgan fingerprint density at radius 1 is 1.03 bits per heavy atom. The molecule has 1 aliphatic rings. The Morgan fingerprint density at radius 2 is 1.71 bits per heavy atom. The summed E-state index contributed by atoms with van der Waals surface area (Å²) in [5, 5.41) is 3.87. The van der Waals surface area contributed by atoms with Gasteiger partial charge < -0.3 is 49.8 Å². The van der Waals surface area contributed by atoms with Gasteiger partial charge in [0.25, 0.3) is 0 Å². The van der Waals surface area contributed by atoms with Crippen molar-refractivity contribution in [3.05, 3.63) is 99.3 Å². The van der Waals surface area contributed by atoms with Crippen molar-refractivity contribution < 1.29 is 70.2 Å². The number of benzene rings is 2. The molecule has 0 saturated carbocycles. The summed E-state index contributed by atoms with van der Waals surface area (Å²) in [6.45, 7) is 2.74. The molecule has 2 aromatic heterocycles. The Labute approximate surface area is 360 Å². The first-order chi connectivity index (χ1) is 29.3. The van der Waals surface area contributed by atoms with Gasteiger partial charge in [-0.1, -0.05) is 81.9 Å². The van der Waals surface area contributed by atoms with Crippen LogP contribution >= 0.6 is 45.1 Å². The number of nitrogens with two attached hydrogens (primary N) is 2. The molecule has 2 aromatic carbocycles. The zero-order chi connectivity index (χ0) is 45.2. The van der Waals surface area contributed by atoms with Gasteiger partial charge in [0, 0.05) is 35.1 Å². The van der Waals surface area contributed by atoms with E-state index in [9.17, 15) is 33.1 Å². The van der Waals surface area contributed by atoms with Crippen molar-refractivity contribution in [3.8, 4) is 11.8 Å². The van der Waals surface area contributed by atoms with E-state index in [2.05, 4.69) is 40.5 Å². The number of rotatable bonds is 19. The van der Waals surface area contributed by atoms with E-state index in [1.165, 1.54) is 29.2 Å². The number of nitrogens with zero attached hydrogens (tertiary/aromatic N) is 6. The first kappa shape index (κ1) is 48.7. The third kappa shape index (κ3) is 13.1. The van der Waals surface area contributed by atoms with Crippen molar-refractivity contribution >= 4 is 73.8 Å². The molecule has 7 atom stereocenters. The van der Waals surface area contributed by atoms with Crippen molar-refractivity contribution in [1.29, 1.82) is 0 Å². The van der Waals surface area contributed by atoms with E-state index in [0.29, 0.717) is 17.7 Å². The van der Waals surface area contributed by atoms with Gasteiger partial charge in [-0.15, -0.1) is 0 Å². The Morgan fingerprint density at radius 3 is 2.39 bits per heavy atom. The number of phosphoric acid groups is 3. The number of anilines is 1. The lowest BCUT2D eigenvalue weighted by Gasteiger charge is -2.21. The number of phosphoric ester groups is 1. The Balaban J connectivity index is 1.40. The summed E-state index contributed by atoms with van der Waals surface area (Å²) in [7, 11) is -14.0. The first-order valence-electron chi connectivity index (χ1n) is 17.9. The molecule has 1 fully saturated rings. The van der Waals surface area contributed by atoms with Gasteiger partial charge in [-0.25, -0.2) is 33.3 Å². The van der Waals surface area contributed by atoms with Crippen LogP contribution in [0.5, 0.6) is 0 Å². The highest BCUT2D eigenvalue weighted by molar-refractivity contribution is 8.76. The van der Waals surface area contributed by atoms with Gasteiger partial charge in [0.15, 0.2) is 6.61 Å². The standard InChI is InChI=1S/C34H39N8O15P3S2/c1-20(40-41-37)23-9-3-5-11-25(23)34(44)55-27-16-29(54-28(27)18-53-59(48,49)57-60(50,51)56-58(45,46)47)42-17-22(30-31(36)38-19-39-32(30)42)8-7-14-52-33(43)26-12-6-4-10-24(26)21(2)62-61-15-13-35/h3-6,9-12,17,19-21,27-29H,13-16,18,35H2,1-2H3,(H,48,49)(H,50,51)(H2,36,38,39)(H2,45,46,47)/t20?,21?,27?,28-,29-/m1/s1. The van der Waals surface area contributed by atoms with Crippen molar-refractivity contribution in [2.75, 3.05) is 31.2 Å². The van der Waals surface area contributed by atoms with E-state index in [1.54, 1.807) is 52.8 Å². The van der Waals surface area contributed by atoms with Gasteiger partial charge in [-0.05, 0) is 35.7 Å². The Hall–Kier alpha value is -4.30. The molecule has 0 amide bonds. The second kappa shape index (κ2) is 21.4. The number of hydrogen-bond acceptors (Lipinski definition) is 18. The Bertz CT molecular complexity index is 2550. The van der Waals surface area contributed by atoms with Crippen LogP contribution in [0.3, 0.4) is 0 Å². The van der Waals surface area contributed by atoms with Crippen LogP contribution in [0.2, 0.25) is 0 Å². The molecule has 3 heterocycles. The summed E-state index contributed by atoms with van der Waals surface area (Å²) in [5.74, 6) is 4.94. The van der Waals surface area contributed by atoms with E-state index in [1.807, 2.05) is 19.1 Å². The minimum absolute atomic E-state index is 0.00563. The molecule has 5 rings (SSSR count). The van der Waals surface area contributed by atoms with Gasteiger partial charge in [0.05, 0.1) is 34.7 Å². The van der Waals surface area contributed by atoms with Crippen LogP contribution in [-0.2, 0) is 41.1 Å². The van der Waals surface area contributed by atoms with E-state index in [-0.39, 0.29) is 46.3 Å². The minimum atomic E-state index is -5.87. The monoisotopic (exact) mass is 956 g/mol. The summed E-state index contributed by atoms with van der Waals surface area (Å²) >= 11 is 0. The van der Waals surface area contributed by atoms with Crippen LogP contribution in [0.1, 0.15) is 75.2 Å². The van der Waals surface area contributed by atoms with Crippen molar-refractivity contribution in [2.45, 2.75) is 50.0 Å². The quantitative estimate of drug-likeness (QED) is 0.00937. The molecule has 5 unspecified atom stereocenters. The molecule has 4 aromatic rings. The van der Waals surface area contributed by atoms with Gasteiger partial charge in [0.1, 0.15) is 36.2 Å². The number of aromatic nitrogens is 3. The number of azide groups is 1. The van der Waals surface area contributed by atoms with Crippen LogP contribution in [-0.4, -0.2) is 83.8 Å². The third-order valence-corrected chi connectivity index (χ3v) is 15.3. The van der Waals surface area contributed by atoms with Crippen LogP contribution in [0.4, 0.5) is 5.82 Å². The molecule has 23 nitrogen and oxygen atoms in total. The van der Waals surface area contributed by atoms with E-state index in [0.717, 1.165) is 11.3 Å². The van der Waals surface area contributed by atoms with Crippen LogP contribution in [0.15, 0.2) is 66.2 Å². The minimum Gasteiger partial charge on any atom is -0.456 e. The molecule has 1 saturated heterocycles. The van der Waals surface area contributed by atoms with E-state index >= 15 is 0 Å². The molecular formula is C34H39N8O15P3S2. The zero-order valence-electron chi connectivity index (χ0n) is 32.5. The normalized spacial score (nSPS) is 19.2. The van der Waals surface area contributed by atoms with Gasteiger partial charge in [-0.3, -0.25) is 4.52 Å². The number of carbonyl (C=O) groups is 2. The van der Waals surface area contributed by atoms with Crippen LogP contribution < -0.4 is 11.5 Å². The second-order valence-corrected chi connectivity index (χ2v) is 20.1. The first-order valence-corrected chi connectivity index (χ1v) is 24.9. The average Bonchev–Trinajstić information content (AvgIpc) is 3.78. The zero-order valence-corrected chi connectivity index (χ0v) is 36.8. The maximum absolute atomic E-state index is 13.6. The smallest absolute Gasteiger partial charge is 0.456 e. The molecule has 28 heteroatoms. The van der Waals surface area contributed by atoms with Gasteiger partial charge >= 0.3 is 35.4 Å². The molecule has 1 aliphatic heterocycles. The topological polar surface area (TPSA) is 353 Å². The lowest BCUT2D eigenvalue weighted by molar-refractivity contribution is -0.0489. The summed E-state index contributed by atoms with van der Waals surface area (Å²) in [4.78, 5) is 75.5. The Kier molecular flexibility index (Phi) is 16.8. The molecule has 0 aliphatic carbocycles. The number of esters is 2. The predicted octanol–water partition coefficient (Wildman–Crippen LogP) is 5.85. The van der Waals surface area contributed by atoms with Crippen molar-refractivity contribution in [2.24, 2.45) is 10.8 Å². The summed E-state index contributed by atoms with van der Waals surface area (Å²) < 4.78 is 67.1. The van der Waals surface area contributed by atoms with Crippen LogP contribution in [0, 0.1) is 11.8 Å². The second-order valence-electron chi connectivity index (χ2n) is 12.9. The fourth-order valence-corrected chi connectivity index (χ4v) is 11.3. The lowest BCUT2D eigenvalue weighted by Crippen LogP contribution is -2.31. The molecule has 0 spiro atoms. The summed E-state index contributed by atoms with van der Waals surface area (Å²) in [6, 6.07) is 12.3. The lowest BCUT2D eigenvalue weighted by atomic mass is 10.0. The summed E-state index contributed by atoms with van der Waals surface area (Å²) in [6.07, 6.45) is -1.39. The molecule has 0 radical (unpaired) electrons. The van der Waals surface area contributed by atoms with Crippen molar-refractivity contribution in [1.82, 2.24) is 14.5 Å². The highest BCUT2D eigenvalue weighted by Gasteiger charge is 2.45. The molecular weight excluding hydrogens is 917 g/mol. The molecule has 62 heavy (non-hydrogen) atoms. The van der Waals surface area contributed by atoms with E-state index < -0.39 is 66.5 Å². The molecule has 8 N–H and O–H groups in total. The number of carbonyl (C=O) groups excluding carboxylic acids is 2. The number of hydrogen-bond donors (Lipinski definition) is 6. The fourth-order valence-electron chi connectivity index (χ4n) is 6.02. The number of nitrogen functional groups attached to an aromatic ring is 1. The molecule has 0 bridgehead atoms. The highest BCUT2D eigenvalue weighted by Crippen LogP contribution is 2.66. The fraction of sp³-hybridized carbons (Fsp3) is 0.353. The predicted molar refractivity (Wildman–Crippen MR) is 225 cm³/mol. The van der Waals surface area contributed by atoms with Gasteiger partial charge in [-0.2, -0.15) is 8.62 Å². The van der Waals surface area contributed by atoms with Crippen molar-refractivity contribution in [3.63, 3.8) is 0 Å². The highest BCUT2D eigenvalue weighted by atomic mass is 33.1.